The lowest BCUT2D eigenvalue weighted by molar-refractivity contribution is 0.416. The highest BCUT2D eigenvalue weighted by atomic mass is 127. The molecule has 6 heteroatoms. The average Bonchev–Trinajstić information content (AvgIpc) is 2.41. The average molecular weight is 391 g/mol. The van der Waals surface area contributed by atoms with Crippen LogP contribution < -0.4 is 10.3 Å². The molecule has 1 aromatic heterocycles. The predicted molar refractivity (Wildman–Crippen MR) is 84.0 cm³/mol. The SMILES string of the molecule is CCc1nc(-c2c(Cl)cccc2OC)[nH]c(=O)c1I. The molecular weight excluding hydrogens is 379 g/mol. The van der Waals surface area contributed by atoms with Crippen LogP contribution in [0.15, 0.2) is 23.0 Å². The smallest absolute Gasteiger partial charge is 0.264 e. The van der Waals surface area contributed by atoms with Gasteiger partial charge in [0, 0.05) is 0 Å². The second-order valence-electron chi connectivity index (χ2n) is 3.85. The molecule has 1 N–H and O–H groups in total. The van der Waals surface area contributed by atoms with Gasteiger partial charge in [0.1, 0.15) is 11.6 Å². The normalized spacial score (nSPS) is 10.5. The number of nitrogens with one attached hydrogen (secondary N) is 1. The van der Waals surface area contributed by atoms with E-state index >= 15 is 0 Å². The van der Waals surface area contributed by atoms with Crippen LogP contribution in [-0.4, -0.2) is 17.1 Å². The van der Waals surface area contributed by atoms with Gasteiger partial charge in [-0.3, -0.25) is 4.79 Å². The summed E-state index contributed by atoms with van der Waals surface area (Å²) in [5.74, 6) is 1.02. The van der Waals surface area contributed by atoms with Crippen LogP contribution in [-0.2, 0) is 6.42 Å². The number of methoxy groups -OCH3 is 1. The quantitative estimate of drug-likeness (QED) is 0.819. The van der Waals surface area contributed by atoms with Gasteiger partial charge in [-0.2, -0.15) is 0 Å². The Kier molecular flexibility index (Phi) is 4.46. The van der Waals surface area contributed by atoms with Crippen molar-refractivity contribution in [2.45, 2.75) is 13.3 Å². The lowest BCUT2D eigenvalue weighted by atomic mass is 10.1. The molecule has 2 rings (SSSR count). The van der Waals surface area contributed by atoms with Crippen LogP contribution >= 0.6 is 34.2 Å². The van der Waals surface area contributed by atoms with Crippen LogP contribution in [0.3, 0.4) is 0 Å². The minimum atomic E-state index is -0.163. The fourth-order valence-electron chi connectivity index (χ4n) is 1.76. The van der Waals surface area contributed by atoms with Crippen LogP contribution in [0.25, 0.3) is 11.4 Å². The fourth-order valence-corrected chi connectivity index (χ4v) is 2.65. The van der Waals surface area contributed by atoms with E-state index in [0.717, 1.165) is 5.69 Å². The van der Waals surface area contributed by atoms with Gasteiger partial charge in [-0.1, -0.05) is 24.6 Å². The van der Waals surface area contributed by atoms with E-state index in [0.29, 0.717) is 32.2 Å². The number of ether oxygens (including phenoxy) is 1. The van der Waals surface area contributed by atoms with E-state index in [9.17, 15) is 4.79 Å². The molecule has 0 aliphatic rings. The molecule has 0 bridgehead atoms. The highest BCUT2D eigenvalue weighted by Crippen LogP contribution is 2.34. The minimum Gasteiger partial charge on any atom is -0.496 e. The zero-order chi connectivity index (χ0) is 14.0. The summed E-state index contributed by atoms with van der Waals surface area (Å²) >= 11 is 8.18. The van der Waals surface area contributed by atoms with Gasteiger partial charge in [0.2, 0.25) is 0 Å². The van der Waals surface area contributed by atoms with Crippen molar-refractivity contribution < 1.29 is 4.74 Å². The Bertz CT molecular complexity index is 670. The van der Waals surface area contributed by atoms with Gasteiger partial charge < -0.3 is 9.72 Å². The van der Waals surface area contributed by atoms with Gasteiger partial charge in [0.15, 0.2) is 0 Å². The summed E-state index contributed by atoms with van der Waals surface area (Å²) in [6, 6.07) is 5.31. The zero-order valence-electron chi connectivity index (χ0n) is 10.5. The second kappa shape index (κ2) is 5.92. The molecule has 19 heavy (non-hydrogen) atoms. The summed E-state index contributed by atoms with van der Waals surface area (Å²) in [7, 11) is 1.56. The third-order valence-electron chi connectivity index (χ3n) is 2.70. The number of hydrogen-bond acceptors (Lipinski definition) is 3. The monoisotopic (exact) mass is 390 g/mol. The lowest BCUT2D eigenvalue weighted by Gasteiger charge is -2.11. The molecule has 0 atom stereocenters. The maximum absolute atomic E-state index is 11.9. The summed E-state index contributed by atoms with van der Waals surface area (Å²) in [5.41, 5.74) is 1.20. The Morgan fingerprint density at radius 3 is 2.84 bits per heavy atom. The number of aromatic amines is 1. The van der Waals surface area contributed by atoms with Gasteiger partial charge in [-0.15, -0.1) is 0 Å². The topological polar surface area (TPSA) is 55.0 Å². The van der Waals surface area contributed by atoms with Crippen LogP contribution in [0.2, 0.25) is 5.02 Å². The van der Waals surface area contributed by atoms with Gasteiger partial charge >= 0.3 is 0 Å². The number of halogens is 2. The molecule has 0 saturated heterocycles. The predicted octanol–water partition coefficient (Wildman–Crippen LogP) is 3.27. The minimum absolute atomic E-state index is 0.163. The van der Waals surface area contributed by atoms with Crippen molar-refractivity contribution in [2.24, 2.45) is 0 Å². The van der Waals surface area contributed by atoms with E-state index in [2.05, 4.69) is 9.97 Å². The lowest BCUT2D eigenvalue weighted by Crippen LogP contribution is -2.16. The van der Waals surface area contributed by atoms with Gasteiger partial charge in [0.05, 0.1) is 27.0 Å². The molecule has 0 spiro atoms. The number of aromatic nitrogens is 2. The fraction of sp³-hybridized carbons (Fsp3) is 0.231. The molecule has 1 aromatic carbocycles. The zero-order valence-corrected chi connectivity index (χ0v) is 13.4. The number of hydrogen-bond donors (Lipinski definition) is 1. The summed E-state index contributed by atoms with van der Waals surface area (Å²) in [4.78, 5) is 19.1. The third kappa shape index (κ3) is 2.76. The summed E-state index contributed by atoms with van der Waals surface area (Å²) < 4.78 is 5.88. The second-order valence-corrected chi connectivity index (χ2v) is 5.33. The molecule has 1 heterocycles. The summed E-state index contributed by atoms with van der Waals surface area (Å²) in [5, 5.41) is 0.491. The first kappa shape index (κ1) is 14.3. The first-order valence-corrected chi connectivity index (χ1v) is 7.15. The molecule has 0 amide bonds. The number of nitrogens with zero attached hydrogens (tertiary/aromatic N) is 1. The van der Waals surface area contributed by atoms with Crippen LogP contribution in [0.1, 0.15) is 12.6 Å². The molecule has 0 unspecified atom stereocenters. The van der Waals surface area contributed by atoms with Crippen LogP contribution in [0.5, 0.6) is 5.75 Å². The maximum atomic E-state index is 11.9. The Morgan fingerprint density at radius 2 is 2.21 bits per heavy atom. The molecule has 100 valence electrons. The summed E-state index contributed by atoms with van der Waals surface area (Å²) in [6.07, 6.45) is 0.683. The highest BCUT2D eigenvalue weighted by molar-refractivity contribution is 14.1. The number of aryl methyl sites for hydroxylation is 1. The third-order valence-corrected chi connectivity index (χ3v) is 4.13. The number of benzene rings is 1. The number of H-pyrrole nitrogens is 1. The Labute approximate surface area is 129 Å². The first-order valence-electron chi connectivity index (χ1n) is 5.70. The standard InChI is InChI=1S/C13H12ClIN2O2/c1-3-8-11(15)13(18)17-12(16-8)10-7(14)5-4-6-9(10)19-2/h4-6H,3H2,1-2H3,(H,16,17,18). The molecular formula is C13H12ClIN2O2. The van der Waals surface area contributed by atoms with Gasteiger partial charge in [0.25, 0.3) is 5.56 Å². The van der Waals surface area contributed by atoms with E-state index in [1.165, 1.54) is 0 Å². The van der Waals surface area contributed by atoms with E-state index in [4.69, 9.17) is 16.3 Å². The highest BCUT2D eigenvalue weighted by Gasteiger charge is 2.15. The van der Waals surface area contributed by atoms with Crippen molar-refractivity contribution in [3.05, 3.63) is 42.8 Å². The first-order chi connectivity index (χ1) is 9.08. The molecule has 0 saturated carbocycles. The van der Waals surface area contributed by atoms with E-state index in [-0.39, 0.29) is 5.56 Å². The molecule has 0 aliphatic carbocycles. The molecule has 0 aliphatic heterocycles. The Balaban J connectivity index is 2.73. The van der Waals surface area contributed by atoms with Crippen molar-refractivity contribution in [1.82, 2.24) is 9.97 Å². The Morgan fingerprint density at radius 1 is 1.47 bits per heavy atom. The summed E-state index contributed by atoms with van der Waals surface area (Å²) in [6.45, 7) is 1.96. The van der Waals surface area contributed by atoms with Crippen molar-refractivity contribution in [3.8, 4) is 17.1 Å². The molecule has 2 aromatic rings. The van der Waals surface area contributed by atoms with Crippen LogP contribution in [0.4, 0.5) is 0 Å². The number of rotatable bonds is 3. The van der Waals surface area contributed by atoms with Crippen molar-refractivity contribution in [2.75, 3.05) is 7.11 Å². The van der Waals surface area contributed by atoms with E-state index < -0.39 is 0 Å². The molecule has 0 fully saturated rings. The van der Waals surface area contributed by atoms with E-state index in [1.807, 2.05) is 29.5 Å². The molecule has 4 nitrogen and oxygen atoms in total. The van der Waals surface area contributed by atoms with Crippen molar-refractivity contribution in [1.29, 1.82) is 0 Å². The van der Waals surface area contributed by atoms with Gasteiger partial charge in [-0.25, -0.2) is 4.98 Å². The van der Waals surface area contributed by atoms with Crippen LogP contribution in [0, 0.1) is 3.57 Å². The largest absolute Gasteiger partial charge is 0.496 e. The maximum Gasteiger partial charge on any atom is 0.264 e. The Hall–Kier alpha value is -1.08. The van der Waals surface area contributed by atoms with Gasteiger partial charge in [-0.05, 0) is 41.1 Å². The van der Waals surface area contributed by atoms with Crippen molar-refractivity contribution >= 4 is 34.2 Å². The van der Waals surface area contributed by atoms with E-state index in [1.54, 1.807) is 25.3 Å². The molecule has 0 radical (unpaired) electrons. The van der Waals surface area contributed by atoms with Crippen molar-refractivity contribution in [3.63, 3.8) is 0 Å².